The Morgan fingerprint density at radius 1 is 0.909 bits per heavy atom. The molecule has 1 saturated heterocycles. The molecule has 0 atom stereocenters. The maximum Gasteiger partial charge on any atom is 0.430 e. The van der Waals surface area contributed by atoms with Crippen molar-refractivity contribution < 1.29 is 45.4 Å². The van der Waals surface area contributed by atoms with Crippen molar-refractivity contribution in [1.29, 1.82) is 0 Å². The average Bonchev–Trinajstić information content (AvgIpc) is 3.71. The molecule has 236 valence electrons. The largest absolute Gasteiger partial charge is 0.430 e. The number of carbonyl (C=O) groups is 2. The molecule has 17 heteroatoms. The second-order valence-corrected chi connectivity index (χ2v) is 11.5. The number of rotatable bonds is 7. The summed E-state index contributed by atoms with van der Waals surface area (Å²) in [6, 6.07) is 6.25. The van der Waals surface area contributed by atoms with E-state index < -0.39 is 41.3 Å². The Bertz CT molecular complexity index is 1500. The van der Waals surface area contributed by atoms with Gasteiger partial charge < -0.3 is 15.3 Å². The Labute approximate surface area is 249 Å². The molecule has 0 bridgehead atoms. The number of anilines is 2. The summed E-state index contributed by atoms with van der Waals surface area (Å²) >= 11 is 1.25. The van der Waals surface area contributed by atoms with Crippen LogP contribution in [0, 0.1) is 5.82 Å². The Morgan fingerprint density at radius 2 is 1.55 bits per heavy atom. The monoisotopic (exact) mass is 646 g/mol. The first kappa shape index (κ1) is 31.6. The average molecular weight is 647 g/mol. The quantitative estimate of drug-likeness (QED) is 0.294. The van der Waals surface area contributed by atoms with Gasteiger partial charge >= 0.3 is 18.4 Å². The summed E-state index contributed by atoms with van der Waals surface area (Å²) in [4.78, 5) is 28.6. The van der Waals surface area contributed by atoms with Crippen molar-refractivity contribution in [1.82, 2.24) is 20.0 Å². The number of halogens is 7. The van der Waals surface area contributed by atoms with Crippen LogP contribution in [0.5, 0.6) is 0 Å². The number of hydrogen-bond donors (Lipinski definition) is 3. The molecular weight excluding hydrogens is 621 g/mol. The standard InChI is InChI=1S/C27H25F7N6O3S/c28-19-13-17(5-8-20(19)35-23(42)36-24-38-37-21(44-24)16-3-4-16)22(41)40-11-9-39(10-12-40)14-15-1-6-18(7-2-15)25(43,26(29,30)31)27(32,33)34/h1-2,5-8,13,16,43H,3-4,9-12,14H2,(H2,35,36,38,42). The summed E-state index contributed by atoms with van der Waals surface area (Å²) in [7, 11) is 0. The van der Waals surface area contributed by atoms with Crippen LogP contribution in [0.2, 0.25) is 0 Å². The number of nitrogens with one attached hydrogen (secondary N) is 2. The molecule has 2 fully saturated rings. The number of carbonyl (C=O) groups excluding carboxylic acids is 2. The number of piperazine rings is 1. The predicted molar refractivity (Wildman–Crippen MR) is 145 cm³/mol. The second-order valence-electron chi connectivity index (χ2n) is 10.5. The van der Waals surface area contributed by atoms with Crippen molar-refractivity contribution in [2.75, 3.05) is 36.8 Å². The van der Waals surface area contributed by atoms with Crippen molar-refractivity contribution in [2.24, 2.45) is 0 Å². The molecule has 9 nitrogen and oxygen atoms in total. The minimum Gasteiger partial charge on any atom is -0.369 e. The van der Waals surface area contributed by atoms with Crippen LogP contribution in [0.15, 0.2) is 42.5 Å². The molecule has 1 aromatic heterocycles. The van der Waals surface area contributed by atoms with E-state index in [-0.39, 0.29) is 36.0 Å². The Kier molecular flexibility index (Phi) is 8.56. The number of nitrogens with zero attached hydrogens (tertiary/aromatic N) is 4. The summed E-state index contributed by atoms with van der Waals surface area (Å²) in [5.41, 5.74) is -6.03. The van der Waals surface area contributed by atoms with Gasteiger partial charge in [0.15, 0.2) is 0 Å². The minimum absolute atomic E-state index is 0.0533. The van der Waals surface area contributed by atoms with E-state index in [1.165, 1.54) is 28.4 Å². The fraction of sp³-hybridized carbons (Fsp3) is 0.407. The lowest BCUT2D eigenvalue weighted by Crippen LogP contribution is -2.53. The molecule has 44 heavy (non-hydrogen) atoms. The van der Waals surface area contributed by atoms with Crippen LogP contribution in [0.3, 0.4) is 0 Å². The summed E-state index contributed by atoms with van der Waals surface area (Å²) in [6.45, 7) is 1.30. The van der Waals surface area contributed by atoms with E-state index in [1.807, 2.05) is 4.90 Å². The minimum atomic E-state index is -5.97. The zero-order valence-corrected chi connectivity index (χ0v) is 23.5. The van der Waals surface area contributed by atoms with Gasteiger partial charge in [0.05, 0.1) is 5.69 Å². The molecule has 1 aliphatic heterocycles. The van der Waals surface area contributed by atoms with Gasteiger partial charge in [0, 0.05) is 49.8 Å². The summed E-state index contributed by atoms with van der Waals surface area (Å²) < 4.78 is 93.5. The number of alkyl halides is 6. The molecule has 1 aliphatic carbocycles. The molecule has 3 amide bonds. The molecule has 2 aliphatic rings. The highest BCUT2D eigenvalue weighted by molar-refractivity contribution is 7.15. The fourth-order valence-electron chi connectivity index (χ4n) is 4.67. The van der Waals surface area contributed by atoms with Gasteiger partial charge in [0.2, 0.25) is 5.13 Å². The third-order valence-corrected chi connectivity index (χ3v) is 8.31. The number of hydrogen-bond acceptors (Lipinski definition) is 7. The highest BCUT2D eigenvalue weighted by atomic mass is 32.1. The SMILES string of the molecule is O=C(Nc1nnc(C2CC2)s1)Nc1ccc(C(=O)N2CCN(Cc3ccc(C(O)(C(F)(F)F)C(F)(F)F)cc3)CC2)cc1F. The predicted octanol–water partition coefficient (Wildman–Crippen LogP) is 5.47. The maximum absolute atomic E-state index is 14.7. The summed E-state index contributed by atoms with van der Waals surface area (Å²) in [6.07, 6.45) is -9.88. The molecule has 0 unspecified atom stereocenters. The van der Waals surface area contributed by atoms with Crippen LogP contribution < -0.4 is 10.6 Å². The first-order chi connectivity index (χ1) is 20.7. The molecule has 0 spiro atoms. The van der Waals surface area contributed by atoms with E-state index >= 15 is 0 Å². The molecular formula is C27H25F7N6O3S. The van der Waals surface area contributed by atoms with Gasteiger partial charge in [0.1, 0.15) is 10.8 Å². The first-order valence-electron chi connectivity index (χ1n) is 13.3. The van der Waals surface area contributed by atoms with Crippen LogP contribution in [0.1, 0.15) is 45.3 Å². The van der Waals surface area contributed by atoms with Gasteiger partial charge in [0.25, 0.3) is 11.5 Å². The molecule has 3 N–H and O–H groups in total. The van der Waals surface area contributed by atoms with E-state index in [9.17, 15) is 45.4 Å². The second kappa shape index (κ2) is 11.9. The van der Waals surface area contributed by atoms with Gasteiger partial charge in [-0.2, -0.15) is 26.3 Å². The maximum atomic E-state index is 14.7. The van der Waals surface area contributed by atoms with Crippen molar-refractivity contribution in [3.63, 3.8) is 0 Å². The van der Waals surface area contributed by atoms with E-state index in [2.05, 4.69) is 20.8 Å². The van der Waals surface area contributed by atoms with E-state index in [0.717, 1.165) is 36.0 Å². The highest BCUT2D eigenvalue weighted by Crippen LogP contribution is 2.50. The third-order valence-electron chi connectivity index (χ3n) is 7.31. The Hall–Kier alpha value is -3.83. The number of aliphatic hydroxyl groups is 1. The summed E-state index contributed by atoms with van der Waals surface area (Å²) in [5.74, 6) is -0.909. The normalized spacial score (nSPS) is 16.6. The smallest absolute Gasteiger partial charge is 0.369 e. The van der Waals surface area contributed by atoms with Gasteiger partial charge in [-0.05, 0) is 36.6 Å². The van der Waals surface area contributed by atoms with Gasteiger partial charge in [-0.1, -0.05) is 35.6 Å². The van der Waals surface area contributed by atoms with Crippen molar-refractivity contribution in [3.8, 4) is 0 Å². The molecule has 2 heterocycles. The van der Waals surface area contributed by atoms with Crippen LogP contribution >= 0.6 is 11.3 Å². The fourth-order valence-corrected chi connectivity index (χ4v) is 5.58. The number of urea groups is 1. The Balaban J connectivity index is 1.13. The topological polar surface area (TPSA) is 111 Å². The number of amides is 3. The van der Waals surface area contributed by atoms with Crippen molar-refractivity contribution in [3.05, 3.63) is 70.0 Å². The van der Waals surface area contributed by atoms with E-state index in [1.54, 1.807) is 0 Å². The zero-order valence-electron chi connectivity index (χ0n) is 22.7. The third kappa shape index (κ3) is 6.63. The lowest BCUT2D eigenvalue weighted by Gasteiger charge is -2.35. The van der Waals surface area contributed by atoms with Crippen molar-refractivity contribution in [2.45, 2.75) is 43.3 Å². The molecule has 3 aromatic rings. The Morgan fingerprint density at radius 3 is 2.11 bits per heavy atom. The van der Waals surface area contributed by atoms with Crippen LogP contribution in [0.25, 0.3) is 0 Å². The van der Waals surface area contributed by atoms with Crippen LogP contribution in [-0.4, -0.2) is 75.6 Å². The van der Waals surface area contributed by atoms with Gasteiger partial charge in [-0.3, -0.25) is 15.0 Å². The highest BCUT2D eigenvalue weighted by Gasteiger charge is 2.71. The van der Waals surface area contributed by atoms with E-state index in [0.29, 0.717) is 36.7 Å². The molecule has 5 rings (SSSR count). The first-order valence-corrected chi connectivity index (χ1v) is 14.1. The number of aromatic nitrogens is 2. The van der Waals surface area contributed by atoms with Crippen molar-refractivity contribution >= 4 is 34.1 Å². The van der Waals surface area contributed by atoms with Crippen LogP contribution in [-0.2, 0) is 12.1 Å². The van der Waals surface area contributed by atoms with Gasteiger partial charge in [-0.15, -0.1) is 10.2 Å². The number of benzene rings is 2. The van der Waals surface area contributed by atoms with Gasteiger partial charge in [-0.25, -0.2) is 9.18 Å². The molecule has 0 radical (unpaired) electrons. The van der Waals surface area contributed by atoms with E-state index in [4.69, 9.17) is 0 Å². The molecule has 2 aromatic carbocycles. The lowest BCUT2D eigenvalue weighted by atomic mass is 9.91. The summed E-state index contributed by atoms with van der Waals surface area (Å²) in [5, 5.41) is 23.4. The zero-order chi connectivity index (χ0) is 31.9. The lowest BCUT2D eigenvalue weighted by molar-refractivity contribution is -0.376. The van der Waals surface area contributed by atoms with Crippen LogP contribution in [0.4, 0.5) is 46.3 Å². The molecule has 1 saturated carbocycles.